The van der Waals surface area contributed by atoms with Crippen molar-refractivity contribution in [2.24, 2.45) is 0 Å². The molecule has 26 heavy (non-hydrogen) atoms. The van der Waals surface area contributed by atoms with Crippen LogP contribution in [0.5, 0.6) is 0 Å². The molecule has 1 rings (SSSR count). The van der Waals surface area contributed by atoms with Gasteiger partial charge >= 0.3 is 6.09 Å². The predicted octanol–water partition coefficient (Wildman–Crippen LogP) is 4.19. The molecule has 5 nitrogen and oxygen atoms in total. The summed E-state index contributed by atoms with van der Waals surface area (Å²) in [5, 5.41) is 10.4. The van der Waals surface area contributed by atoms with Gasteiger partial charge in [0.15, 0.2) is 8.32 Å². The molecule has 0 unspecified atom stereocenters. The third-order valence-corrected chi connectivity index (χ3v) is 9.19. The Balaban J connectivity index is 2.55. The molecule has 1 aromatic carbocycles. The summed E-state index contributed by atoms with van der Waals surface area (Å²) in [6, 6.07) is 9.49. The second kappa shape index (κ2) is 9.90. The summed E-state index contributed by atoms with van der Waals surface area (Å²) < 4.78 is 11.4. The summed E-state index contributed by atoms with van der Waals surface area (Å²) in [5.41, 5.74) is 0.918. The van der Waals surface area contributed by atoms with Crippen molar-refractivity contribution in [2.45, 2.75) is 51.6 Å². The zero-order chi connectivity index (χ0) is 19.8. The smallest absolute Gasteiger partial charge is 0.410 e. The van der Waals surface area contributed by atoms with Gasteiger partial charge in [-0.05, 0) is 23.7 Å². The van der Waals surface area contributed by atoms with Crippen LogP contribution in [-0.4, -0.2) is 50.2 Å². The molecule has 1 amide bonds. The normalized spacial score (nSPS) is 13.2. The van der Waals surface area contributed by atoms with E-state index in [-0.39, 0.29) is 24.8 Å². The lowest BCUT2D eigenvalue weighted by Crippen LogP contribution is -2.45. The van der Waals surface area contributed by atoms with Crippen molar-refractivity contribution in [1.82, 2.24) is 4.90 Å². The standard InChI is InChI=1S/C20H33NO4Si/c1-7-13-21(19(23)24-15-17-11-9-8-10-12-17)14-18(22)16-25-26(5,6)20(2,3)4/h7-12,18,22H,1,13-16H2,2-6H3/t18-/m1/s1. The molecule has 0 aliphatic heterocycles. The van der Waals surface area contributed by atoms with Crippen LogP contribution in [0.2, 0.25) is 18.1 Å². The largest absolute Gasteiger partial charge is 0.445 e. The Kier molecular flexibility index (Phi) is 8.53. The van der Waals surface area contributed by atoms with Crippen LogP contribution in [0.25, 0.3) is 0 Å². The molecule has 0 saturated carbocycles. The molecule has 6 heteroatoms. The van der Waals surface area contributed by atoms with Gasteiger partial charge in [-0.2, -0.15) is 0 Å². The van der Waals surface area contributed by atoms with Crippen LogP contribution in [0.1, 0.15) is 26.3 Å². The van der Waals surface area contributed by atoms with Crippen molar-refractivity contribution in [3.63, 3.8) is 0 Å². The third kappa shape index (κ3) is 7.31. The molecule has 0 aliphatic carbocycles. The Labute approximate surface area is 158 Å². The maximum absolute atomic E-state index is 12.3. The number of aliphatic hydroxyl groups excluding tert-OH is 1. The summed E-state index contributed by atoms with van der Waals surface area (Å²) in [7, 11) is -1.94. The summed E-state index contributed by atoms with van der Waals surface area (Å²) in [6.45, 7) is 15.2. The molecular weight excluding hydrogens is 346 g/mol. The number of amides is 1. The number of carbonyl (C=O) groups is 1. The first-order valence-corrected chi connectivity index (χ1v) is 11.9. The quantitative estimate of drug-likeness (QED) is 0.516. The highest BCUT2D eigenvalue weighted by molar-refractivity contribution is 6.74. The van der Waals surface area contributed by atoms with Gasteiger partial charge in [0.1, 0.15) is 6.61 Å². The molecule has 0 heterocycles. The van der Waals surface area contributed by atoms with Crippen molar-refractivity contribution in [3.05, 3.63) is 48.6 Å². The maximum atomic E-state index is 12.3. The van der Waals surface area contributed by atoms with E-state index in [1.54, 1.807) is 6.08 Å². The van der Waals surface area contributed by atoms with E-state index in [9.17, 15) is 9.90 Å². The highest BCUT2D eigenvalue weighted by Gasteiger charge is 2.37. The molecule has 1 N–H and O–H groups in total. The van der Waals surface area contributed by atoms with Crippen LogP contribution >= 0.6 is 0 Å². The minimum absolute atomic E-state index is 0.0716. The monoisotopic (exact) mass is 379 g/mol. The molecule has 146 valence electrons. The number of nitrogens with zero attached hydrogens (tertiary/aromatic N) is 1. The Hall–Kier alpha value is -1.63. The van der Waals surface area contributed by atoms with Crippen molar-refractivity contribution in [1.29, 1.82) is 0 Å². The molecule has 0 radical (unpaired) electrons. The van der Waals surface area contributed by atoms with Gasteiger partial charge in [0.25, 0.3) is 0 Å². The Morgan fingerprint density at radius 2 is 1.92 bits per heavy atom. The minimum atomic E-state index is -1.94. The summed E-state index contributed by atoms with van der Waals surface area (Å²) in [6.07, 6.45) is 0.374. The van der Waals surface area contributed by atoms with Gasteiger partial charge in [-0.3, -0.25) is 0 Å². The third-order valence-electron chi connectivity index (χ3n) is 4.69. The summed E-state index contributed by atoms with van der Waals surface area (Å²) in [4.78, 5) is 13.8. The van der Waals surface area contributed by atoms with Crippen LogP contribution in [0.4, 0.5) is 4.79 Å². The average Bonchev–Trinajstić information content (AvgIpc) is 2.57. The van der Waals surface area contributed by atoms with Gasteiger partial charge in [-0.25, -0.2) is 4.79 Å². The fourth-order valence-electron chi connectivity index (χ4n) is 2.02. The number of benzene rings is 1. The summed E-state index contributed by atoms with van der Waals surface area (Å²) in [5.74, 6) is 0. The van der Waals surface area contributed by atoms with Crippen molar-refractivity contribution in [2.75, 3.05) is 19.7 Å². The van der Waals surface area contributed by atoms with E-state index in [2.05, 4.69) is 40.4 Å². The second-order valence-electron chi connectivity index (χ2n) is 7.96. The van der Waals surface area contributed by atoms with E-state index >= 15 is 0 Å². The fourth-order valence-corrected chi connectivity index (χ4v) is 3.06. The van der Waals surface area contributed by atoms with Gasteiger partial charge in [0.2, 0.25) is 0 Å². The Bertz CT molecular complexity index is 569. The highest BCUT2D eigenvalue weighted by atomic mass is 28.4. The molecule has 1 atom stereocenters. The number of rotatable bonds is 9. The Morgan fingerprint density at radius 3 is 2.46 bits per heavy atom. The highest BCUT2D eigenvalue weighted by Crippen LogP contribution is 2.36. The van der Waals surface area contributed by atoms with E-state index in [0.717, 1.165) is 5.56 Å². The summed E-state index contributed by atoms with van der Waals surface area (Å²) >= 11 is 0. The molecular formula is C20H33NO4Si. The number of hydrogen-bond acceptors (Lipinski definition) is 4. The van der Waals surface area contributed by atoms with Gasteiger partial charge < -0.3 is 19.2 Å². The predicted molar refractivity (Wildman–Crippen MR) is 108 cm³/mol. The van der Waals surface area contributed by atoms with E-state index < -0.39 is 20.5 Å². The Morgan fingerprint density at radius 1 is 1.31 bits per heavy atom. The SMILES string of the molecule is C=CCN(C[C@@H](O)CO[Si](C)(C)C(C)(C)C)C(=O)OCc1ccccc1. The second-order valence-corrected chi connectivity index (χ2v) is 12.8. The molecule has 0 fully saturated rings. The minimum Gasteiger partial charge on any atom is -0.445 e. The van der Waals surface area contributed by atoms with Crippen LogP contribution in [0.3, 0.4) is 0 Å². The first-order chi connectivity index (χ1) is 12.1. The van der Waals surface area contributed by atoms with Gasteiger partial charge in [-0.1, -0.05) is 57.2 Å². The lowest BCUT2D eigenvalue weighted by molar-refractivity contribution is 0.0506. The number of ether oxygens (including phenoxy) is 1. The number of carbonyl (C=O) groups excluding carboxylic acids is 1. The van der Waals surface area contributed by atoms with Crippen molar-refractivity contribution >= 4 is 14.4 Å². The lowest BCUT2D eigenvalue weighted by atomic mass is 10.2. The zero-order valence-electron chi connectivity index (χ0n) is 16.7. The first-order valence-electron chi connectivity index (χ1n) is 8.95. The van der Waals surface area contributed by atoms with Gasteiger partial charge in [0, 0.05) is 6.54 Å². The first kappa shape index (κ1) is 22.4. The molecule has 0 aromatic heterocycles. The zero-order valence-corrected chi connectivity index (χ0v) is 17.7. The average molecular weight is 380 g/mol. The van der Waals surface area contributed by atoms with E-state index in [0.29, 0.717) is 6.54 Å². The maximum Gasteiger partial charge on any atom is 0.410 e. The number of hydrogen-bond donors (Lipinski definition) is 1. The van der Waals surface area contributed by atoms with Crippen molar-refractivity contribution in [3.8, 4) is 0 Å². The van der Waals surface area contributed by atoms with E-state index in [4.69, 9.17) is 9.16 Å². The fraction of sp³-hybridized carbons (Fsp3) is 0.550. The van der Waals surface area contributed by atoms with Gasteiger partial charge in [0.05, 0.1) is 19.3 Å². The molecule has 0 aliphatic rings. The van der Waals surface area contributed by atoms with E-state index in [1.165, 1.54) is 4.90 Å². The number of aliphatic hydroxyl groups is 1. The van der Waals surface area contributed by atoms with Gasteiger partial charge in [-0.15, -0.1) is 6.58 Å². The molecule has 0 saturated heterocycles. The molecule has 0 spiro atoms. The topological polar surface area (TPSA) is 59.0 Å². The van der Waals surface area contributed by atoms with Crippen LogP contribution in [-0.2, 0) is 15.8 Å². The van der Waals surface area contributed by atoms with Crippen LogP contribution < -0.4 is 0 Å². The van der Waals surface area contributed by atoms with Crippen LogP contribution in [0, 0.1) is 0 Å². The van der Waals surface area contributed by atoms with Crippen LogP contribution in [0.15, 0.2) is 43.0 Å². The molecule has 1 aromatic rings. The van der Waals surface area contributed by atoms with E-state index in [1.807, 2.05) is 30.3 Å². The molecule has 0 bridgehead atoms. The lowest BCUT2D eigenvalue weighted by Gasteiger charge is -2.37. The van der Waals surface area contributed by atoms with Crippen molar-refractivity contribution < 1.29 is 19.1 Å².